The Labute approximate surface area is 171 Å². The maximum Gasteiger partial charge on any atom is 0.418 e. The summed E-state index contributed by atoms with van der Waals surface area (Å²) < 4.78 is 41.2. The predicted molar refractivity (Wildman–Crippen MR) is 106 cm³/mol. The van der Waals surface area contributed by atoms with Crippen molar-refractivity contribution in [1.82, 2.24) is 0 Å². The summed E-state index contributed by atoms with van der Waals surface area (Å²) in [5, 5.41) is 9.89. The molecule has 0 aromatic heterocycles. The van der Waals surface area contributed by atoms with Crippen LogP contribution in [-0.4, -0.2) is 5.78 Å². The van der Waals surface area contributed by atoms with Crippen molar-refractivity contribution in [3.63, 3.8) is 0 Å². The average Bonchev–Trinajstić information content (AvgIpc) is 2.73. The second-order valence-corrected chi connectivity index (χ2v) is 7.24. The van der Waals surface area contributed by atoms with Gasteiger partial charge in [-0.05, 0) is 30.5 Å². The largest absolute Gasteiger partial charge is 0.418 e. The van der Waals surface area contributed by atoms with Crippen molar-refractivity contribution in [3.8, 4) is 6.07 Å². The first-order valence-electron chi connectivity index (χ1n) is 9.52. The first-order valence-corrected chi connectivity index (χ1v) is 9.52. The molecule has 2 N–H and O–H groups in total. The van der Waals surface area contributed by atoms with Gasteiger partial charge in [-0.3, -0.25) is 9.69 Å². The fourth-order valence-electron chi connectivity index (χ4n) is 4.25. The number of carbonyl (C=O) groups excluding carboxylic acids is 1. The number of rotatable bonds is 2. The summed E-state index contributed by atoms with van der Waals surface area (Å²) in [5.41, 5.74) is 6.87. The van der Waals surface area contributed by atoms with E-state index in [1.807, 2.05) is 6.07 Å². The Bertz CT molecular complexity index is 1110. The van der Waals surface area contributed by atoms with Crippen LogP contribution in [0.4, 0.5) is 18.9 Å². The summed E-state index contributed by atoms with van der Waals surface area (Å²) in [7, 11) is 0. The van der Waals surface area contributed by atoms with Gasteiger partial charge in [-0.25, -0.2) is 0 Å². The molecule has 0 bridgehead atoms. The van der Waals surface area contributed by atoms with Gasteiger partial charge in [0.15, 0.2) is 5.78 Å². The second-order valence-electron chi connectivity index (χ2n) is 7.24. The van der Waals surface area contributed by atoms with Crippen LogP contribution in [0.1, 0.15) is 36.3 Å². The lowest BCUT2D eigenvalue weighted by atomic mass is 9.75. The van der Waals surface area contributed by atoms with E-state index in [0.717, 1.165) is 6.07 Å². The van der Waals surface area contributed by atoms with Crippen molar-refractivity contribution < 1.29 is 18.0 Å². The third-order valence-electron chi connectivity index (χ3n) is 5.50. The van der Waals surface area contributed by atoms with Crippen LogP contribution in [0.2, 0.25) is 0 Å². The highest BCUT2D eigenvalue weighted by Crippen LogP contribution is 2.48. The van der Waals surface area contributed by atoms with Crippen LogP contribution in [0, 0.1) is 11.3 Å². The average molecular weight is 409 g/mol. The molecule has 2 aromatic carbocycles. The molecular formula is C23H18F3N3O. The lowest BCUT2D eigenvalue weighted by Gasteiger charge is -2.40. The molecule has 152 valence electrons. The Morgan fingerprint density at radius 1 is 1.03 bits per heavy atom. The lowest BCUT2D eigenvalue weighted by molar-refractivity contribution is -0.137. The van der Waals surface area contributed by atoms with Gasteiger partial charge in [0.2, 0.25) is 0 Å². The quantitative estimate of drug-likeness (QED) is 0.757. The molecule has 0 saturated heterocycles. The van der Waals surface area contributed by atoms with Crippen molar-refractivity contribution in [1.29, 1.82) is 5.26 Å². The minimum absolute atomic E-state index is 0.0727. The summed E-state index contributed by atoms with van der Waals surface area (Å²) in [6.07, 6.45) is -3.41. The first kappa shape index (κ1) is 19.8. The zero-order valence-electron chi connectivity index (χ0n) is 15.9. The highest BCUT2D eigenvalue weighted by molar-refractivity contribution is 6.01. The fourth-order valence-corrected chi connectivity index (χ4v) is 4.25. The van der Waals surface area contributed by atoms with Crippen LogP contribution < -0.4 is 10.6 Å². The number of alkyl halides is 3. The summed E-state index contributed by atoms with van der Waals surface area (Å²) in [6.45, 7) is 0. The molecule has 0 fully saturated rings. The van der Waals surface area contributed by atoms with Crippen molar-refractivity contribution >= 4 is 11.5 Å². The van der Waals surface area contributed by atoms with E-state index in [0.29, 0.717) is 29.7 Å². The fraction of sp³-hybridized carbons (Fsp3) is 0.217. The molecule has 4 rings (SSSR count). The molecule has 2 aromatic rings. The minimum atomic E-state index is -4.61. The molecule has 1 atom stereocenters. The molecule has 4 nitrogen and oxygen atoms in total. The van der Waals surface area contributed by atoms with Crippen LogP contribution in [0.3, 0.4) is 0 Å². The normalized spacial score (nSPS) is 19.6. The highest BCUT2D eigenvalue weighted by atomic mass is 19.4. The predicted octanol–water partition coefficient (Wildman–Crippen LogP) is 5.01. The molecule has 1 heterocycles. The Morgan fingerprint density at radius 2 is 1.70 bits per heavy atom. The Hall–Kier alpha value is -3.53. The number of allylic oxidation sites excluding steroid dienone is 3. The van der Waals surface area contributed by atoms with Gasteiger partial charge >= 0.3 is 6.18 Å². The standard InChI is InChI=1S/C23H18F3N3O/c24-23(25,26)16-9-4-5-10-17(16)29-18-11-6-12-19(30)21(18)20(15(13-27)22(29)28)14-7-2-1-3-8-14/h1-5,7-10,20H,6,11-12,28H2/t20-/m1/s1. The van der Waals surface area contributed by atoms with Crippen LogP contribution in [-0.2, 0) is 11.0 Å². The maximum atomic E-state index is 13.7. The first-order chi connectivity index (χ1) is 14.3. The summed E-state index contributed by atoms with van der Waals surface area (Å²) >= 11 is 0. The van der Waals surface area contributed by atoms with Crippen molar-refractivity contribution in [2.75, 3.05) is 4.90 Å². The van der Waals surface area contributed by atoms with E-state index < -0.39 is 17.7 Å². The molecule has 1 aliphatic heterocycles. The molecular weight excluding hydrogens is 391 g/mol. The molecule has 1 aliphatic carbocycles. The summed E-state index contributed by atoms with van der Waals surface area (Å²) in [5.74, 6) is -0.926. The second kappa shape index (κ2) is 7.38. The van der Waals surface area contributed by atoms with E-state index in [1.165, 1.54) is 23.1 Å². The lowest BCUT2D eigenvalue weighted by Crippen LogP contribution is -2.39. The number of Topliss-reactive ketones (excluding diaryl/α,β-unsaturated/α-hetero) is 1. The smallest absolute Gasteiger partial charge is 0.384 e. The Balaban J connectivity index is 2.01. The summed E-state index contributed by atoms with van der Waals surface area (Å²) in [4.78, 5) is 14.2. The van der Waals surface area contributed by atoms with E-state index in [2.05, 4.69) is 6.07 Å². The van der Waals surface area contributed by atoms with Crippen molar-refractivity contribution in [2.24, 2.45) is 5.73 Å². The number of nitrogens with zero attached hydrogens (tertiary/aromatic N) is 2. The van der Waals surface area contributed by atoms with E-state index in [1.54, 1.807) is 24.3 Å². The number of nitrogens with two attached hydrogens (primary N) is 1. The van der Waals surface area contributed by atoms with E-state index in [-0.39, 0.29) is 29.3 Å². The van der Waals surface area contributed by atoms with Gasteiger partial charge in [0, 0.05) is 17.7 Å². The number of anilines is 1. The zero-order valence-corrected chi connectivity index (χ0v) is 15.9. The number of nitriles is 1. The van der Waals surface area contributed by atoms with Gasteiger partial charge in [0.05, 0.1) is 28.8 Å². The highest BCUT2D eigenvalue weighted by Gasteiger charge is 2.43. The molecule has 2 aliphatic rings. The molecule has 0 radical (unpaired) electrons. The van der Waals surface area contributed by atoms with E-state index in [4.69, 9.17) is 5.73 Å². The molecule has 0 amide bonds. The molecule has 0 spiro atoms. The number of hydrogen-bond acceptors (Lipinski definition) is 4. The number of ketones is 1. The van der Waals surface area contributed by atoms with Gasteiger partial charge in [-0.2, -0.15) is 18.4 Å². The topological polar surface area (TPSA) is 70.1 Å². The number of carbonyl (C=O) groups is 1. The van der Waals surface area contributed by atoms with Gasteiger partial charge in [-0.1, -0.05) is 42.5 Å². The number of benzene rings is 2. The number of halogens is 3. The third-order valence-corrected chi connectivity index (χ3v) is 5.50. The van der Waals surface area contributed by atoms with E-state index >= 15 is 0 Å². The van der Waals surface area contributed by atoms with Gasteiger partial charge in [-0.15, -0.1) is 0 Å². The van der Waals surface area contributed by atoms with Gasteiger partial charge < -0.3 is 5.73 Å². The molecule has 30 heavy (non-hydrogen) atoms. The number of hydrogen-bond donors (Lipinski definition) is 1. The van der Waals surface area contributed by atoms with Crippen molar-refractivity contribution in [2.45, 2.75) is 31.4 Å². The van der Waals surface area contributed by atoms with Crippen molar-refractivity contribution in [3.05, 3.63) is 88.4 Å². The Morgan fingerprint density at radius 3 is 2.37 bits per heavy atom. The number of para-hydroxylation sites is 1. The minimum Gasteiger partial charge on any atom is -0.384 e. The van der Waals surface area contributed by atoms with Crippen LogP contribution in [0.15, 0.2) is 77.3 Å². The Kier molecular flexibility index (Phi) is 4.86. The third kappa shape index (κ3) is 3.14. The molecule has 0 saturated carbocycles. The monoisotopic (exact) mass is 409 g/mol. The molecule has 0 unspecified atom stereocenters. The molecule has 7 heteroatoms. The van der Waals surface area contributed by atoms with Crippen LogP contribution in [0.25, 0.3) is 0 Å². The van der Waals surface area contributed by atoms with Gasteiger partial charge in [0.1, 0.15) is 5.82 Å². The maximum absolute atomic E-state index is 13.7. The van der Waals surface area contributed by atoms with Crippen LogP contribution in [0.5, 0.6) is 0 Å². The SMILES string of the molecule is N#CC1=C(N)N(c2ccccc2C(F)(F)F)C2=C(C(=O)CCC2)[C@@H]1c1ccccc1. The zero-order chi connectivity index (χ0) is 21.5. The summed E-state index contributed by atoms with van der Waals surface area (Å²) in [6, 6.07) is 16.1. The van der Waals surface area contributed by atoms with E-state index in [9.17, 15) is 23.2 Å². The van der Waals surface area contributed by atoms with Gasteiger partial charge in [0.25, 0.3) is 0 Å². The van der Waals surface area contributed by atoms with Crippen LogP contribution >= 0.6 is 0 Å².